The molecule has 198 valence electrons. The van der Waals surface area contributed by atoms with Gasteiger partial charge in [0.25, 0.3) is 0 Å². The zero-order chi connectivity index (χ0) is 27.2. The summed E-state index contributed by atoms with van der Waals surface area (Å²) >= 11 is 12.4. The van der Waals surface area contributed by atoms with Gasteiger partial charge in [0, 0.05) is 30.2 Å². The van der Waals surface area contributed by atoms with Gasteiger partial charge in [0.1, 0.15) is 6.04 Å². The lowest BCUT2D eigenvalue weighted by atomic mass is 10.1. The SMILES string of the molecule is CCCCNC(=O)[C@@H](C)N(Cc1ccc(Cl)cc1Cl)C(=O)CN(C)S(=O)(=O)c1ccc2ccccc2c1. The van der Waals surface area contributed by atoms with Gasteiger partial charge in [0.15, 0.2) is 0 Å². The summed E-state index contributed by atoms with van der Waals surface area (Å²) < 4.78 is 27.6. The zero-order valence-corrected chi connectivity index (χ0v) is 23.4. The van der Waals surface area contributed by atoms with Crippen LogP contribution in [0, 0.1) is 0 Å². The molecule has 0 aliphatic heterocycles. The fourth-order valence-electron chi connectivity index (χ4n) is 3.83. The maximum Gasteiger partial charge on any atom is 0.243 e. The third-order valence-corrected chi connectivity index (χ3v) is 8.53. The molecular weight excluding hydrogens is 533 g/mol. The van der Waals surface area contributed by atoms with Gasteiger partial charge in [-0.25, -0.2) is 8.42 Å². The van der Waals surface area contributed by atoms with E-state index in [0.29, 0.717) is 22.2 Å². The number of likely N-dealkylation sites (N-methyl/N-ethyl adjacent to an activating group) is 1. The molecule has 0 radical (unpaired) electrons. The molecule has 0 unspecified atom stereocenters. The summed E-state index contributed by atoms with van der Waals surface area (Å²) in [6, 6.07) is 16.3. The lowest BCUT2D eigenvalue weighted by Gasteiger charge is -2.30. The zero-order valence-electron chi connectivity index (χ0n) is 21.1. The van der Waals surface area contributed by atoms with Crippen molar-refractivity contribution in [1.29, 1.82) is 0 Å². The smallest absolute Gasteiger partial charge is 0.243 e. The minimum atomic E-state index is -3.97. The normalized spacial score (nSPS) is 12.5. The third kappa shape index (κ3) is 7.23. The molecule has 0 spiro atoms. The van der Waals surface area contributed by atoms with Gasteiger partial charge in [-0.1, -0.05) is 72.9 Å². The first-order chi connectivity index (χ1) is 17.5. The molecule has 10 heteroatoms. The first-order valence-electron chi connectivity index (χ1n) is 12.0. The Kier molecular flexibility index (Phi) is 9.95. The highest BCUT2D eigenvalue weighted by atomic mass is 35.5. The monoisotopic (exact) mass is 563 g/mol. The second-order valence-electron chi connectivity index (χ2n) is 8.85. The molecule has 0 saturated carbocycles. The fourth-order valence-corrected chi connectivity index (χ4v) is 5.45. The van der Waals surface area contributed by atoms with Crippen molar-refractivity contribution in [3.63, 3.8) is 0 Å². The van der Waals surface area contributed by atoms with Crippen LogP contribution in [0.3, 0.4) is 0 Å². The fraction of sp³-hybridized carbons (Fsp3) is 0.333. The predicted octanol–water partition coefficient (Wildman–Crippen LogP) is 5.10. The Balaban J connectivity index is 1.85. The summed E-state index contributed by atoms with van der Waals surface area (Å²) in [4.78, 5) is 27.7. The van der Waals surface area contributed by atoms with E-state index < -0.39 is 28.5 Å². The number of nitrogens with zero attached hydrogens (tertiary/aromatic N) is 2. The summed E-state index contributed by atoms with van der Waals surface area (Å²) in [5.41, 5.74) is 0.590. The number of benzene rings is 3. The molecule has 0 saturated heterocycles. The number of nitrogens with one attached hydrogen (secondary N) is 1. The number of rotatable bonds is 11. The standard InChI is InChI=1S/C27H31Cl2N3O4S/c1-4-5-14-30-27(34)19(2)32(17-22-10-12-23(28)16-25(22)29)26(33)18-31(3)37(35,36)24-13-11-20-8-6-7-9-21(20)15-24/h6-13,15-16,19H,4-5,14,17-18H2,1-3H3,(H,30,34)/t19-/m1/s1. The van der Waals surface area contributed by atoms with Crippen molar-refractivity contribution in [3.8, 4) is 0 Å². The number of hydrogen-bond donors (Lipinski definition) is 1. The van der Waals surface area contributed by atoms with Crippen LogP contribution < -0.4 is 5.32 Å². The highest BCUT2D eigenvalue weighted by Gasteiger charge is 2.30. The second-order valence-corrected chi connectivity index (χ2v) is 11.7. The van der Waals surface area contributed by atoms with Gasteiger partial charge in [0.05, 0.1) is 11.4 Å². The number of fused-ring (bicyclic) bond motifs is 1. The van der Waals surface area contributed by atoms with E-state index in [0.717, 1.165) is 27.9 Å². The number of amides is 2. The molecule has 1 atom stereocenters. The summed E-state index contributed by atoms with van der Waals surface area (Å²) in [5, 5.41) is 5.32. The Bertz CT molecular complexity index is 1380. The first-order valence-corrected chi connectivity index (χ1v) is 14.2. The highest BCUT2D eigenvalue weighted by Crippen LogP contribution is 2.24. The van der Waals surface area contributed by atoms with Gasteiger partial charge in [-0.15, -0.1) is 0 Å². The number of sulfonamides is 1. The first kappa shape index (κ1) is 28.9. The van der Waals surface area contributed by atoms with Crippen molar-refractivity contribution in [3.05, 3.63) is 76.3 Å². The van der Waals surface area contributed by atoms with E-state index >= 15 is 0 Å². The summed E-state index contributed by atoms with van der Waals surface area (Å²) in [5.74, 6) is -0.858. The van der Waals surface area contributed by atoms with Crippen molar-refractivity contribution in [2.24, 2.45) is 0 Å². The van der Waals surface area contributed by atoms with Gasteiger partial charge >= 0.3 is 0 Å². The Hall–Kier alpha value is -2.65. The molecule has 0 heterocycles. The highest BCUT2D eigenvalue weighted by molar-refractivity contribution is 7.89. The van der Waals surface area contributed by atoms with Crippen molar-refractivity contribution in [2.75, 3.05) is 20.1 Å². The van der Waals surface area contributed by atoms with Gasteiger partial charge in [0.2, 0.25) is 21.8 Å². The summed E-state index contributed by atoms with van der Waals surface area (Å²) in [7, 11) is -2.62. The van der Waals surface area contributed by atoms with E-state index in [2.05, 4.69) is 5.32 Å². The van der Waals surface area contributed by atoms with Crippen LogP contribution in [0.4, 0.5) is 0 Å². The number of carbonyl (C=O) groups is 2. The molecular formula is C27H31Cl2N3O4S. The number of carbonyl (C=O) groups excluding carboxylic acids is 2. The molecule has 0 aromatic heterocycles. The van der Waals surface area contributed by atoms with Crippen LogP contribution in [0.5, 0.6) is 0 Å². The average molecular weight is 565 g/mol. The third-order valence-electron chi connectivity index (χ3n) is 6.14. The Morgan fingerprint density at radius 2 is 1.70 bits per heavy atom. The van der Waals surface area contributed by atoms with Crippen molar-refractivity contribution < 1.29 is 18.0 Å². The summed E-state index contributed by atoms with van der Waals surface area (Å²) in [6.45, 7) is 3.67. The molecule has 0 aliphatic carbocycles. The van der Waals surface area contributed by atoms with Crippen LogP contribution in [-0.4, -0.2) is 55.6 Å². The summed E-state index contributed by atoms with van der Waals surface area (Å²) in [6.07, 6.45) is 1.72. The number of hydrogen-bond acceptors (Lipinski definition) is 4. The molecule has 1 N–H and O–H groups in total. The largest absolute Gasteiger partial charge is 0.354 e. The Labute approximate surface area is 228 Å². The minimum absolute atomic E-state index is 0.0149. The van der Waals surface area contributed by atoms with Crippen LogP contribution in [0.1, 0.15) is 32.3 Å². The van der Waals surface area contributed by atoms with E-state index in [1.54, 1.807) is 37.3 Å². The predicted molar refractivity (Wildman–Crippen MR) is 148 cm³/mol. The van der Waals surface area contributed by atoms with Gasteiger partial charge in [-0.05, 0) is 53.9 Å². The van der Waals surface area contributed by atoms with Gasteiger partial charge in [-0.2, -0.15) is 4.31 Å². The van der Waals surface area contributed by atoms with Gasteiger partial charge < -0.3 is 10.2 Å². The molecule has 0 fully saturated rings. The van der Waals surface area contributed by atoms with E-state index in [1.807, 2.05) is 31.2 Å². The lowest BCUT2D eigenvalue weighted by Crippen LogP contribution is -2.50. The molecule has 0 aliphatic rings. The van der Waals surface area contributed by atoms with E-state index in [4.69, 9.17) is 23.2 Å². The van der Waals surface area contributed by atoms with Crippen LogP contribution in [0.25, 0.3) is 10.8 Å². The van der Waals surface area contributed by atoms with E-state index in [-0.39, 0.29) is 17.3 Å². The molecule has 3 aromatic carbocycles. The molecule has 3 aromatic rings. The van der Waals surface area contributed by atoms with Gasteiger partial charge in [-0.3, -0.25) is 9.59 Å². The van der Waals surface area contributed by atoms with Crippen LogP contribution >= 0.6 is 23.2 Å². The number of unbranched alkanes of at least 4 members (excludes halogenated alkanes) is 1. The van der Waals surface area contributed by atoms with Crippen LogP contribution in [0.2, 0.25) is 10.0 Å². The van der Waals surface area contributed by atoms with E-state index in [1.165, 1.54) is 18.0 Å². The molecule has 2 amide bonds. The second kappa shape index (κ2) is 12.7. The maximum atomic E-state index is 13.5. The van der Waals surface area contributed by atoms with Crippen LogP contribution in [-0.2, 0) is 26.2 Å². The van der Waals surface area contributed by atoms with Crippen LogP contribution in [0.15, 0.2) is 65.6 Å². The van der Waals surface area contributed by atoms with Crippen molar-refractivity contribution >= 4 is 55.8 Å². The van der Waals surface area contributed by atoms with Crippen molar-refractivity contribution in [2.45, 2.75) is 44.2 Å². The topological polar surface area (TPSA) is 86.8 Å². The van der Waals surface area contributed by atoms with E-state index in [9.17, 15) is 18.0 Å². The molecule has 7 nitrogen and oxygen atoms in total. The molecule has 3 rings (SSSR count). The Morgan fingerprint density at radius 1 is 1.00 bits per heavy atom. The molecule has 0 bridgehead atoms. The average Bonchev–Trinajstić information content (AvgIpc) is 2.87. The van der Waals surface area contributed by atoms with Crippen molar-refractivity contribution in [1.82, 2.24) is 14.5 Å². The molecule has 37 heavy (non-hydrogen) atoms. The lowest BCUT2D eigenvalue weighted by molar-refractivity contribution is -0.140. The number of halogens is 2. The Morgan fingerprint density at radius 3 is 2.38 bits per heavy atom. The minimum Gasteiger partial charge on any atom is -0.354 e. The quantitative estimate of drug-likeness (QED) is 0.329. The maximum absolute atomic E-state index is 13.5.